The highest BCUT2D eigenvalue weighted by Crippen LogP contribution is 2.09. The van der Waals surface area contributed by atoms with E-state index in [0.717, 1.165) is 18.7 Å². The first-order valence-electron chi connectivity index (χ1n) is 8.56. The van der Waals surface area contributed by atoms with Crippen molar-refractivity contribution in [1.82, 2.24) is 10.6 Å². The van der Waals surface area contributed by atoms with E-state index in [1.165, 1.54) is 6.92 Å². The number of rotatable bonds is 11. The van der Waals surface area contributed by atoms with Crippen LogP contribution in [0.3, 0.4) is 0 Å². The van der Waals surface area contributed by atoms with E-state index in [-0.39, 0.29) is 11.8 Å². The zero-order chi connectivity index (χ0) is 18.7. The highest BCUT2D eigenvalue weighted by atomic mass is 16.4. The van der Waals surface area contributed by atoms with Crippen LogP contribution in [0.5, 0.6) is 0 Å². The fourth-order valence-electron chi connectivity index (χ4n) is 2.29. The minimum atomic E-state index is -1.05. The minimum absolute atomic E-state index is 0.154. The molecule has 1 aromatic rings. The second-order valence-electron chi connectivity index (χ2n) is 5.85. The Morgan fingerprint density at radius 3 is 2.32 bits per heavy atom. The number of amides is 2. The molecule has 0 radical (unpaired) electrons. The summed E-state index contributed by atoms with van der Waals surface area (Å²) in [6, 6.07) is 6.40. The van der Waals surface area contributed by atoms with E-state index in [2.05, 4.69) is 22.9 Å². The third-order valence-electron chi connectivity index (χ3n) is 3.61. The zero-order valence-electron chi connectivity index (χ0n) is 14.8. The Morgan fingerprint density at radius 1 is 1.08 bits per heavy atom. The Balaban J connectivity index is 2.30. The van der Waals surface area contributed by atoms with Gasteiger partial charge in [-0.1, -0.05) is 6.92 Å². The van der Waals surface area contributed by atoms with Crippen molar-refractivity contribution in [1.29, 1.82) is 0 Å². The summed E-state index contributed by atoms with van der Waals surface area (Å²) >= 11 is 0. The molecule has 0 fully saturated rings. The van der Waals surface area contributed by atoms with Crippen LogP contribution in [-0.2, 0) is 9.59 Å². The van der Waals surface area contributed by atoms with Crippen LogP contribution < -0.4 is 16.0 Å². The molecule has 0 aliphatic rings. The summed E-state index contributed by atoms with van der Waals surface area (Å²) in [7, 11) is 0. The number of carboxylic acid groups (broad SMARTS) is 1. The first-order valence-corrected chi connectivity index (χ1v) is 8.56. The lowest BCUT2D eigenvalue weighted by atomic mass is 10.1. The van der Waals surface area contributed by atoms with Crippen molar-refractivity contribution in [2.24, 2.45) is 0 Å². The smallest absolute Gasteiger partial charge is 0.326 e. The van der Waals surface area contributed by atoms with Crippen molar-refractivity contribution in [2.45, 2.75) is 45.6 Å². The van der Waals surface area contributed by atoms with Gasteiger partial charge in [-0.25, -0.2) is 4.79 Å². The van der Waals surface area contributed by atoms with Crippen LogP contribution in [0.4, 0.5) is 5.69 Å². The van der Waals surface area contributed by atoms with E-state index in [0.29, 0.717) is 31.4 Å². The largest absolute Gasteiger partial charge is 0.480 e. The van der Waals surface area contributed by atoms with Crippen molar-refractivity contribution >= 4 is 23.5 Å². The Morgan fingerprint density at radius 2 is 1.76 bits per heavy atom. The molecule has 4 N–H and O–H groups in total. The number of hydrogen-bond donors (Lipinski definition) is 4. The predicted octanol–water partition coefficient (Wildman–Crippen LogP) is 2.00. The molecule has 1 atom stereocenters. The number of unbranched alkanes of at least 4 members (excludes halogenated alkanes) is 1. The van der Waals surface area contributed by atoms with Gasteiger partial charge in [-0.3, -0.25) is 9.59 Å². The molecule has 1 unspecified atom stereocenters. The standard InChI is InChI=1S/C18H27N3O4/c1-3-11-19-15-9-7-14(8-10-15)17(23)20-12-5-4-6-16(18(24)25)21-13(2)22/h7-10,16,19H,3-6,11-12H2,1-2H3,(H,20,23)(H,21,22)(H,24,25). The average Bonchev–Trinajstić information content (AvgIpc) is 2.58. The maximum atomic E-state index is 12.0. The summed E-state index contributed by atoms with van der Waals surface area (Å²) in [6.45, 7) is 4.73. The van der Waals surface area contributed by atoms with Gasteiger partial charge in [0.15, 0.2) is 0 Å². The fraction of sp³-hybridized carbons (Fsp3) is 0.500. The van der Waals surface area contributed by atoms with E-state index in [4.69, 9.17) is 5.11 Å². The molecule has 1 aromatic carbocycles. The molecule has 0 bridgehead atoms. The monoisotopic (exact) mass is 349 g/mol. The molecule has 25 heavy (non-hydrogen) atoms. The molecule has 138 valence electrons. The third-order valence-corrected chi connectivity index (χ3v) is 3.61. The van der Waals surface area contributed by atoms with Crippen LogP contribution in [-0.4, -0.2) is 42.0 Å². The number of anilines is 1. The molecule has 0 aliphatic heterocycles. The molecule has 0 spiro atoms. The van der Waals surface area contributed by atoms with Crippen molar-refractivity contribution < 1.29 is 19.5 Å². The van der Waals surface area contributed by atoms with Crippen LogP contribution >= 0.6 is 0 Å². The van der Waals surface area contributed by atoms with Gasteiger partial charge in [0.2, 0.25) is 5.91 Å². The Hall–Kier alpha value is -2.57. The van der Waals surface area contributed by atoms with Crippen molar-refractivity contribution in [3.05, 3.63) is 29.8 Å². The summed E-state index contributed by atoms with van der Waals surface area (Å²) in [5.41, 5.74) is 1.57. The lowest BCUT2D eigenvalue weighted by Gasteiger charge is -2.13. The summed E-state index contributed by atoms with van der Waals surface area (Å²) in [5, 5.41) is 17.5. The molecule has 0 aliphatic carbocycles. The minimum Gasteiger partial charge on any atom is -0.480 e. The molecule has 0 heterocycles. The number of benzene rings is 1. The van der Waals surface area contributed by atoms with E-state index >= 15 is 0 Å². The van der Waals surface area contributed by atoms with E-state index < -0.39 is 12.0 Å². The molecular formula is C18H27N3O4. The van der Waals surface area contributed by atoms with Gasteiger partial charge < -0.3 is 21.1 Å². The highest BCUT2D eigenvalue weighted by molar-refractivity contribution is 5.94. The lowest BCUT2D eigenvalue weighted by molar-refractivity contribution is -0.141. The number of hydrogen-bond acceptors (Lipinski definition) is 4. The molecule has 0 aromatic heterocycles. The van der Waals surface area contributed by atoms with Gasteiger partial charge in [-0.15, -0.1) is 0 Å². The van der Waals surface area contributed by atoms with Crippen LogP contribution in [0.25, 0.3) is 0 Å². The molecule has 0 saturated heterocycles. The van der Waals surface area contributed by atoms with Gasteiger partial charge >= 0.3 is 5.97 Å². The lowest BCUT2D eigenvalue weighted by Crippen LogP contribution is -2.39. The van der Waals surface area contributed by atoms with Gasteiger partial charge in [-0.2, -0.15) is 0 Å². The highest BCUT2D eigenvalue weighted by Gasteiger charge is 2.17. The molecule has 2 amide bonds. The number of carbonyl (C=O) groups excluding carboxylic acids is 2. The van der Waals surface area contributed by atoms with Crippen LogP contribution in [0.15, 0.2) is 24.3 Å². The Labute approximate surface area is 148 Å². The first kappa shape index (κ1) is 20.5. The topological polar surface area (TPSA) is 108 Å². The number of carbonyl (C=O) groups is 3. The summed E-state index contributed by atoms with van der Waals surface area (Å²) < 4.78 is 0. The average molecular weight is 349 g/mol. The van der Waals surface area contributed by atoms with Gasteiger partial charge in [-0.05, 0) is 49.9 Å². The maximum absolute atomic E-state index is 12.0. The van der Waals surface area contributed by atoms with Crippen molar-refractivity contribution in [2.75, 3.05) is 18.4 Å². The Bertz CT molecular complexity index is 572. The van der Waals surface area contributed by atoms with E-state index in [1.807, 2.05) is 12.1 Å². The van der Waals surface area contributed by atoms with Gasteiger partial charge in [0.05, 0.1) is 0 Å². The first-order chi connectivity index (χ1) is 11.9. The Kier molecular flexibility index (Phi) is 9.06. The fourth-order valence-corrected chi connectivity index (χ4v) is 2.29. The molecule has 7 heteroatoms. The van der Waals surface area contributed by atoms with Crippen LogP contribution in [0, 0.1) is 0 Å². The second-order valence-corrected chi connectivity index (χ2v) is 5.85. The quantitative estimate of drug-likeness (QED) is 0.457. The van der Waals surface area contributed by atoms with Crippen LogP contribution in [0.2, 0.25) is 0 Å². The van der Waals surface area contributed by atoms with Gasteiger partial charge in [0.1, 0.15) is 6.04 Å². The molecule has 7 nitrogen and oxygen atoms in total. The maximum Gasteiger partial charge on any atom is 0.326 e. The third kappa shape index (κ3) is 8.19. The summed E-state index contributed by atoms with van der Waals surface area (Å²) in [6.07, 6.45) is 2.61. The molecular weight excluding hydrogens is 322 g/mol. The van der Waals surface area contributed by atoms with Gasteiger partial charge in [0.25, 0.3) is 5.91 Å². The summed E-state index contributed by atoms with van der Waals surface area (Å²) in [5.74, 6) is -1.56. The van der Waals surface area contributed by atoms with E-state index in [1.54, 1.807) is 12.1 Å². The summed E-state index contributed by atoms with van der Waals surface area (Å²) in [4.78, 5) is 34.0. The van der Waals surface area contributed by atoms with E-state index in [9.17, 15) is 14.4 Å². The zero-order valence-corrected chi connectivity index (χ0v) is 14.8. The van der Waals surface area contributed by atoms with Crippen molar-refractivity contribution in [3.8, 4) is 0 Å². The number of aliphatic carboxylic acids is 1. The van der Waals surface area contributed by atoms with Crippen molar-refractivity contribution in [3.63, 3.8) is 0 Å². The predicted molar refractivity (Wildman–Crippen MR) is 96.6 cm³/mol. The van der Waals surface area contributed by atoms with Gasteiger partial charge in [0, 0.05) is 31.3 Å². The second kappa shape index (κ2) is 11.1. The SMILES string of the molecule is CCCNc1ccc(C(=O)NCCCCC(NC(C)=O)C(=O)O)cc1. The number of carboxylic acids is 1. The van der Waals surface area contributed by atoms with Crippen LogP contribution in [0.1, 0.15) is 49.9 Å². The molecule has 0 saturated carbocycles. The normalized spacial score (nSPS) is 11.4. The number of nitrogens with one attached hydrogen (secondary N) is 3. The molecule has 1 rings (SSSR count).